The van der Waals surface area contributed by atoms with Gasteiger partial charge in [-0.15, -0.1) is 11.3 Å². The van der Waals surface area contributed by atoms with Crippen LogP contribution in [0, 0.1) is 5.82 Å². The summed E-state index contributed by atoms with van der Waals surface area (Å²) >= 11 is 4.83. The van der Waals surface area contributed by atoms with Crippen LogP contribution in [0.5, 0.6) is 0 Å². The monoisotopic (exact) mass is 245 g/mol. The number of hydrogen-bond donors (Lipinski definition) is 1. The van der Waals surface area contributed by atoms with Gasteiger partial charge in [-0.1, -0.05) is 0 Å². The molecule has 0 bridgehead atoms. The SMILES string of the molecule is Nc1cc(F)cc2c(Br)csc12. The molecule has 2 N–H and O–H groups in total. The van der Waals surface area contributed by atoms with E-state index in [2.05, 4.69) is 15.9 Å². The summed E-state index contributed by atoms with van der Waals surface area (Å²) in [6.07, 6.45) is 0. The smallest absolute Gasteiger partial charge is 0.125 e. The number of thiophene rings is 1. The first kappa shape index (κ1) is 8.01. The van der Waals surface area contributed by atoms with Crippen molar-refractivity contribution < 1.29 is 4.39 Å². The molecule has 0 saturated heterocycles. The molecule has 0 amide bonds. The Morgan fingerprint density at radius 2 is 2.17 bits per heavy atom. The Morgan fingerprint density at radius 3 is 2.92 bits per heavy atom. The van der Waals surface area contributed by atoms with Crippen LogP contribution in [0.15, 0.2) is 22.0 Å². The van der Waals surface area contributed by atoms with Crippen LogP contribution in [-0.2, 0) is 0 Å². The summed E-state index contributed by atoms with van der Waals surface area (Å²) in [5, 5.41) is 2.75. The third kappa shape index (κ3) is 1.11. The number of halogens is 2. The number of nitrogen functional groups attached to an aromatic ring is 1. The molecule has 1 heterocycles. The normalized spacial score (nSPS) is 10.8. The molecule has 12 heavy (non-hydrogen) atoms. The van der Waals surface area contributed by atoms with Crippen molar-refractivity contribution in [2.45, 2.75) is 0 Å². The van der Waals surface area contributed by atoms with Crippen molar-refractivity contribution in [3.8, 4) is 0 Å². The topological polar surface area (TPSA) is 26.0 Å². The minimum atomic E-state index is -0.292. The second kappa shape index (κ2) is 2.71. The van der Waals surface area contributed by atoms with E-state index in [4.69, 9.17) is 5.73 Å². The maximum Gasteiger partial charge on any atom is 0.125 e. The lowest BCUT2D eigenvalue weighted by Gasteiger charge is -1.96. The minimum absolute atomic E-state index is 0.292. The van der Waals surface area contributed by atoms with Crippen LogP contribution in [-0.4, -0.2) is 0 Å². The molecule has 0 aliphatic rings. The highest BCUT2D eigenvalue weighted by Crippen LogP contribution is 2.34. The molecule has 0 radical (unpaired) electrons. The largest absolute Gasteiger partial charge is 0.397 e. The number of benzene rings is 1. The van der Waals surface area contributed by atoms with Gasteiger partial charge < -0.3 is 5.73 Å². The molecule has 0 atom stereocenters. The molecular formula is C8H5BrFNS. The van der Waals surface area contributed by atoms with Crippen molar-refractivity contribution in [1.82, 2.24) is 0 Å². The van der Waals surface area contributed by atoms with Crippen LogP contribution >= 0.6 is 27.3 Å². The van der Waals surface area contributed by atoms with Crippen LogP contribution < -0.4 is 5.73 Å². The van der Waals surface area contributed by atoms with E-state index in [9.17, 15) is 4.39 Å². The van der Waals surface area contributed by atoms with Gasteiger partial charge >= 0.3 is 0 Å². The second-order valence-corrected chi connectivity index (χ2v) is 4.19. The van der Waals surface area contributed by atoms with Crippen molar-refractivity contribution >= 4 is 43.0 Å². The summed E-state index contributed by atoms with van der Waals surface area (Å²) in [4.78, 5) is 0. The fraction of sp³-hybridized carbons (Fsp3) is 0. The average molecular weight is 246 g/mol. The van der Waals surface area contributed by atoms with Gasteiger partial charge in [0.1, 0.15) is 5.82 Å². The molecule has 4 heteroatoms. The van der Waals surface area contributed by atoms with E-state index in [1.165, 1.54) is 23.5 Å². The summed E-state index contributed by atoms with van der Waals surface area (Å²) in [5.41, 5.74) is 6.12. The van der Waals surface area contributed by atoms with Crippen LogP contribution in [0.1, 0.15) is 0 Å². The van der Waals surface area contributed by atoms with Crippen molar-refractivity contribution in [2.24, 2.45) is 0 Å². The zero-order chi connectivity index (χ0) is 8.72. The van der Waals surface area contributed by atoms with Gasteiger partial charge in [-0.05, 0) is 28.1 Å². The molecule has 0 aliphatic carbocycles. The van der Waals surface area contributed by atoms with Gasteiger partial charge in [0, 0.05) is 15.2 Å². The first-order valence-electron chi connectivity index (χ1n) is 3.30. The molecule has 62 valence electrons. The highest BCUT2D eigenvalue weighted by atomic mass is 79.9. The van der Waals surface area contributed by atoms with Crippen LogP contribution in [0.2, 0.25) is 0 Å². The third-order valence-corrected chi connectivity index (χ3v) is 3.62. The maximum atomic E-state index is 12.9. The van der Waals surface area contributed by atoms with Crippen molar-refractivity contribution in [2.75, 3.05) is 5.73 Å². The highest BCUT2D eigenvalue weighted by Gasteiger charge is 2.05. The summed E-state index contributed by atoms with van der Waals surface area (Å²) in [7, 11) is 0. The summed E-state index contributed by atoms with van der Waals surface area (Å²) in [6.45, 7) is 0. The quantitative estimate of drug-likeness (QED) is 0.708. The molecule has 1 nitrogen and oxygen atoms in total. The Hall–Kier alpha value is -0.610. The van der Waals surface area contributed by atoms with Gasteiger partial charge in [-0.2, -0.15) is 0 Å². The second-order valence-electron chi connectivity index (χ2n) is 2.46. The van der Waals surface area contributed by atoms with E-state index in [-0.39, 0.29) is 5.82 Å². The number of hydrogen-bond acceptors (Lipinski definition) is 2. The van der Waals surface area contributed by atoms with Crippen molar-refractivity contribution in [3.63, 3.8) is 0 Å². The van der Waals surface area contributed by atoms with Crippen molar-refractivity contribution in [3.05, 3.63) is 27.8 Å². The Kier molecular flexibility index (Phi) is 1.81. The molecule has 0 aliphatic heterocycles. The molecule has 1 aromatic carbocycles. The van der Waals surface area contributed by atoms with Crippen LogP contribution in [0.4, 0.5) is 10.1 Å². The van der Waals surface area contributed by atoms with E-state index in [1.54, 1.807) is 0 Å². The lowest BCUT2D eigenvalue weighted by Crippen LogP contribution is -1.85. The number of fused-ring (bicyclic) bond motifs is 1. The molecule has 0 unspecified atom stereocenters. The van der Waals surface area contributed by atoms with E-state index < -0.39 is 0 Å². The highest BCUT2D eigenvalue weighted by molar-refractivity contribution is 9.10. The van der Waals surface area contributed by atoms with E-state index in [0.717, 1.165) is 14.6 Å². The fourth-order valence-corrected chi connectivity index (χ4v) is 2.66. The predicted molar refractivity (Wildman–Crippen MR) is 53.9 cm³/mol. The van der Waals surface area contributed by atoms with Crippen molar-refractivity contribution in [1.29, 1.82) is 0 Å². The Labute approximate surface area is 81.1 Å². The lowest BCUT2D eigenvalue weighted by atomic mass is 10.2. The first-order valence-corrected chi connectivity index (χ1v) is 4.97. The van der Waals surface area contributed by atoms with E-state index in [0.29, 0.717) is 5.69 Å². The number of nitrogens with two attached hydrogens (primary N) is 1. The average Bonchev–Trinajstić information content (AvgIpc) is 2.33. The van der Waals surface area contributed by atoms with Gasteiger partial charge in [-0.25, -0.2) is 4.39 Å². The van der Waals surface area contributed by atoms with Gasteiger partial charge in [0.2, 0.25) is 0 Å². The summed E-state index contributed by atoms with van der Waals surface area (Å²) in [6, 6.07) is 2.82. The van der Waals surface area contributed by atoms with Gasteiger partial charge in [0.05, 0.1) is 10.4 Å². The van der Waals surface area contributed by atoms with E-state index in [1.807, 2.05) is 5.38 Å². The molecule has 0 fully saturated rings. The predicted octanol–water partition coefficient (Wildman–Crippen LogP) is 3.39. The number of rotatable bonds is 0. The maximum absolute atomic E-state index is 12.9. The molecule has 2 aromatic rings. The molecule has 0 saturated carbocycles. The Bertz CT molecular complexity index is 438. The molecular weight excluding hydrogens is 241 g/mol. The zero-order valence-electron chi connectivity index (χ0n) is 5.97. The zero-order valence-corrected chi connectivity index (χ0v) is 8.38. The lowest BCUT2D eigenvalue weighted by molar-refractivity contribution is 0.630. The Balaban J connectivity index is 2.92. The third-order valence-electron chi connectivity index (χ3n) is 1.62. The summed E-state index contributed by atoms with van der Waals surface area (Å²) in [5.74, 6) is -0.292. The molecule has 2 rings (SSSR count). The Morgan fingerprint density at radius 1 is 1.42 bits per heavy atom. The fourth-order valence-electron chi connectivity index (χ4n) is 1.10. The first-order chi connectivity index (χ1) is 5.68. The molecule has 0 spiro atoms. The molecule has 1 aromatic heterocycles. The van der Waals surface area contributed by atoms with Crippen LogP contribution in [0.3, 0.4) is 0 Å². The van der Waals surface area contributed by atoms with Gasteiger partial charge in [-0.3, -0.25) is 0 Å². The summed E-state index contributed by atoms with van der Waals surface area (Å²) < 4.78 is 14.7. The minimum Gasteiger partial charge on any atom is -0.397 e. The van der Waals surface area contributed by atoms with E-state index >= 15 is 0 Å². The van der Waals surface area contributed by atoms with Crippen LogP contribution in [0.25, 0.3) is 10.1 Å². The van der Waals surface area contributed by atoms with Gasteiger partial charge in [0.25, 0.3) is 0 Å². The van der Waals surface area contributed by atoms with Gasteiger partial charge in [0.15, 0.2) is 0 Å². The number of anilines is 1. The standard InChI is InChI=1S/C8H5BrFNS/c9-6-3-12-8-5(6)1-4(10)2-7(8)11/h1-3H,11H2.